The summed E-state index contributed by atoms with van der Waals surface area (Å²) in [6.45, 7) is 0. The molecule has 0 amide bonds. The lowest BCUT2D eigenvalue weighted by molar-refractivity contribution is 0.669. The first kappa shape index (κ1) is 56.7. The molecule has 0 saturated carbocycles. The standard InChI is InChI=1S/C90H50N8O2S2/c1-5-20-51(21-6-1)85-91-86(52-22-7-2-8-23-52)94-89(93-85)66-31-19-35-78-81(66)65-42-41-64-62-39-37-58(48-76(62)100-83(64)84(65)102-78)98-73-34-18-15-30-61(73)67-44-55(36-43-74(67)98)56-45-70(90-95-87(53-24-9-3-10-25-53)92-88(96-90)54-26-11-4-12-27-54)82-69-49-77-68(50-79(69)101-80(82)46-56)63-40-38-57(47-75(63)99-77)97-71-32-16-13-28-59(71)60-29-14-17-33-72(60)97/h1-50H. The smallest absolute Gasteiger partial charge is 0.164 e. The third-order valence-electron chi connectivity index (χ3n) is 20.2. The van der Waals surface area contributed by atoms with Crippen molar-refractivity contribution in [2.24, 2.45) is 0 Å². The SMILES string of the molecule is c1ccc(-c2nc(-c3ccccc3)nc(-c3cc(-c4ccc5c(c4)c4ccccc4n5-c4ccc5c(c4)oc4c5ccc5c4sc4cccc(-c6nc(-c7ccccc7)nc(-c7ccccc7)n6)c45)cc4sc5cc6c(cc5c34)oc3cc(-n4c5ccccc5c5ccccc54)ccc36)n2)cc1. The second-order valence-corrected chi connectivity index (χ2v) is 28.2. The summed E-state index contributed by atoms with van der Waals surface area (Å²) < 4.78 is 23.3. The summed E-state index contributed by atoms with van der Waals surface area (Å²) in [6, 6.07) is 107. The van der Waals surface area contributed by atoms with Crippen LogP contribution >= 0.6 is 22.7 Å². The summed E-state index contributed by atoms with van der Waals surface area (Å²) in [5, 5.41) is 13.3. The Bertz CT molecular complexity index is 7090. The number of fused-ring (bicyclic) bond motifs is 19. The number of hydrogen-bond donors (Lipinski definition) is 0. The zero-order valence-corrected chi connectivity index (χ0v) is 55.7. The molecule has 8 aromatic heterocycles. The highest BCUT2D eigenvalue weighted by Gasteiger charge is 2.25. The van der Waals surface area contributed by atoms with Gasteiger partial charge in [0.15, 0.2) is 40.5 Å². The minimum Gasteiger partial charge on any atom is -0.456 e. The maximum Gasteiger partial charge on any atom is 0.164 e. The van der Waals surface area contributed by atoms with Gasteiger partial charge in [-0.3, -0.25) is 0 Å². The summed E-state index contributed by atoms with van der Waals surface area (Å²) in [7, 11) is 0. The van der Waals surface area contributed by atoms with E-state index in [2.05, 4.69) is 215 Å². The van der Waals surface area contributed by atoms with Crippen molar-refractivity contribution in [2.45, 2.75) is 0 Å². The molecule has 0 N–H and O–H groups in total. The van der Waals surface area contributed by atoms with E-state index in [4.69, 9.17) is 38.7 Å². The van der Waals surface area contributed by atoms with Crippen LogP contribution in [0, 0.1) is 0 Å². The van der Waals surface area contributed by atoms with Crippen LogP contribution in [0.3, 0.4) is 0 Å². The Morgan fingerprint density at radius 3 is 1.27 bits per heavy atom. The van der Waals surface area contributed by atoms with Crippen LogP contribution in [0.5, 0.6) is 0 Å². The molecule has 22 rings (SSSR count). The topological polar surface area (TPSA) is 113 Å². The Kier molecular flexibility index (Phi) is 12.3. The lowest BCUT2D eigenvalue weighted by Gasteiger charge is -2.12. The van der Waals surface area contributed by atoms with Gasteiger partial charge < -0.3 is 18.0 Å². The van der Waals surface area contributed by atoms with Crippen molar-refractivity contribution in [2.75, 3.05) is 0 Å². The average Bonchev–Trinajstić information content (AvgIpc) is 1.58. The molecule has 14 aromatic carbocycles. The summed E-state index contributed by atoms with van der Waals surface area (Å²) in [4.78, 5) is 31.3. The van der Waals surface area contributed by atoms with Crippen LogP contribution in [0.25, 0.3) is 219 Å². The number of rotatable bonds is 9. The van der Waals surface area contributed by atoms with Crippen LogP contribution in [0.1, 0.15) is 0 Å². The van der Waals surface area contributed by atoms with Crippen molar-refractivity contribution in [1.29, 1.82) is 0 Å². The van der Waals surface area contributed by atoms with Crippen molar-refractivity contribution in [3.05, 3.63) is 303 Å². The summed E-state index contributed by atoms with van der Waals surface area (Å²) in [6.07, 6.45) is 0. The molecule has 0 spiro atoms. The lowest BCUT2D eigenvalue weighted by Crippen LogP contribution is -2.00. The van der Waals surface area contributed by atoms with Gasteiger partial charge in [-0.05, 0) is 102 Å². The summed E-state index contributed by atoms with van der Waals surface area (Å²) in [5.41, 5.74) is 17.5. The quantitative estimate of drug-likeness (QED) is 0.140. The van der Waals surface area contributed by atoms with Crippen molar-refractivity contribution in [3.63, 3.8) is 0 Å². The molecule has 102 heavy (non-hydrogen) atoms. The van der Waals surface area contributed by atoms with E-state index in [1.165, 1.54) is 10.8 Å². The number of aromatic nitrogens is 8. The van der Waals surface area contributed by atoms with Crippen LogP contribution < -0.4 is 0 Å². The first-order valence-electron chi connectivity index (χ1n) is 34.0. The second kappa shape index (κ2) is 22.1. The molecule has 0 aliphatic heterocycles. The second-order valence-electron chi connectivity index (χ2n) is 26.0. The van der Waals surface area contributed by atoms with Crippen LogP contribution in [0.4, 0.5) is 0 Å². The number of furan rings is 2. The lowest BCUT2D eigenvalue weighted by atomic mass is 9.97. The monoisotopic (exact) mass is 1340 g/mol. The minimum absolute atomic E-state index is 0.584. The van der Waals surface area contributed by atoms with Gasteiger partial charge in [-0.1, -0.05) is 200 Å². The number of nitrogens with zero attached hydrogens (tertiary/aromatic N) is 8. The molecule has 0 radical (unpaired) electrons. The molecule has 0 aliphatic rings. The number of thiophene rings is 2. The molecule has 0 unspecified atom stereocenters. The predicted molar refractivity (Wildman–Crippen MR) is 420 cm³/mol. The highest BCUT2D eigenvalue weighted by molar-refractivity contribution is 7.27. The van der Waals surface area contributed by atoms with Crippen LogP contribution in [0.2, 0.25) is 0 Å². The van der Waals surface area contributed by atoms with Gasteiger partial charge in [0.2, 0.25) is 0 Å². The van der Waals surface area contributed by atoms with E-state index in [1.54, 1.807) is 22.7 Å². The third kappa shape index (κ3) is 8.76. The molecular formula is C90H50N8O2S2. The zero-order chi connectivity index (χ0) is 66.7. The van der Waals surface area contributed by atoms with E-state index in [1.807, 2.05) is 97.1 Å². The molecule has 0 aliphatic carbocycles. The molecule has 10 nitrogen and oxygen atoms in total. The van der Waals surface area contributed by atoms with Crippen molar-refractivity contribution < 1.29 is 8.83 Å². The fourth-order valence-corrected chi connectivity index (χ4v) is 18.0. The first-order chi connectivity index (χ1) is 50.5. The Balaban J connectivity index is 0.688. The Morgan fingerprint density at radius 2 is 0.696 bits per heavy atom. The Morgan fingerprint density at radius 1 is 0.235 bits per heavy atom. The van der Waals surface area contributed by atoms with Crippen molar-refractivity contribution in [1.82, 2.24) is 39.0 Å². The van der Waals surface area contributed by atoms with Gasteiger partial charge in [-0.25, -0.2) is 29.9 Å². The number of benzene rings is 14. The van der Waals surface area contributed by atoms with Gasteiger partial charge in [0.05, 0.1) is 26.8 Å². The van der Waals surface area contributed by atoms with Gasteiger partial charge in [0.25, 0.3) is 0 Å². The Hall–Kier alpha value is -13.3. The highest BCUT2D eigenvalue weighted by atomic mass is 32.1. The fraction of sp³-hybridized carbons (Fsp3) is 0. The Labute approximate surface area is 588 Å². The molecule has 12 heteroatoms. The maximum atomic E-state index is 7.12. The van der Waals surface area contributed by atoms with E-state index in [0.717, 1.165) is 173 Å². The third-order valence-corrected chi connectivity index (χ3v) is 22.5. The predicted octanol–water partition coefficient (Wildman–Crippen LogP) is 24.5. The number of hydrogen-bond acceptors (Lipinski definition) is 10. The van der Waals surface area contributed by atoms with Gasteiger partial charge in [0, 0.05) is 136 Å². The van der Waals surface area contributed by atoms with Gasteiger partial charge in [-0.15, -0.1) is 22.7 Å². The van der Waals surface area contributed by atoms with Crippen LogP contribution in [-0.4, -0.2) is 39.0 Å². The molecule has 0 atom stereocenters. The largest absolute Gasteiger partial charge is 0.456 e. The van der Waals surface area contributed by atoms with E-state index < -0.39 is 0 Å². The molecular weight excluding hydrogens is 1290 g/mol. The van der Waals surface area contributed by atoms with Gasteiger partial charge in [0.1, 0.15) is 16.7 Å². The summed E-state index contributed by atoms with van der Waals surface area (Å²) in [5.74, 6) is 3.65. The van der Waals surface area contributed by atoms with E-state index >= 15 is 0 Å². The molecule has 8 heterocycles. The highest BCUT2D eigenvalue weighted by Crippen LogP contribution is 2.49. The maximum absolute atomic E-state index is 7.12. The van der Waals surface area contributed by atoms with Gasteiger partial charge in [-0.2, -0.15) is 0 Å². The van der Waals surface area contributed by atoms with Crippen LogP contribution in [-0.2, 0) is 0 Å². The number of para-hydroxylation sites is 3. The molecule has 474 valence electrons. The zero-order valence-electron chi connectivity index (χ0n) is 54.1. The minimum atomic E-state index is 0.584. The van der Waals surface area contributed by atoms with E-state index in [9.17, 15) is 0 Å². The molecule has 0 bridgehead atoms. The van der Waals surface area contributed by atoms with E-state index in [0.29, 0.717) is 34.9 Å². The van der Waals surface area contributed by atoms with E-state index in [-0.39, 0.29) is 0 Å². The fourth-order valence-electron chi connectivity index (χ4n) is 15.6. The summed E-state index contributed by atoms with van der Waals surface area (Å²) >= 11 is 3.52. The average molecular weight is 1340 g/mol. The van der Waals surface area contributed by atoms with Crippen LogP contribution in [0.15, 0.2) is 312 Å². The normalized spacial score (nSPS) is 12.1. The van der Waals surface area contributed by atoms with Crippen molar-refractivity contribution >= 4 is 151 Å². The van der Waals surface area contributed by atoms with Gasteiger partial charge >= 0.3 is 0 Å². The first-order valence-corrected chi connectivity index (χ1v) is 35.6. The molecule has 0 fully saturated rings. The molecule has 22 aromatic rings. The molecule has 0 saturated heterocycles. The van der Waals surface area contributed by atoms with Crippen molar-refractivity contribution in [3.8, 4) is 90.8 Å².